The van der Waals surface area contributed by atoms with Crippen LogP contribution in [-0.2, 0) is 6.42 Å². The van der Waals surface area contributed by atoms with Gasteiger partial charge in [0, 0.05) is 18.3 Å². The van der Waals surface area contributed by atoms with E-state index in [0.717, 1.165) is 6.42 Å². The number of rotatable bonds is 3. The van der Waals surface area contributed by atoms with Gasteiger partial charge in [-0.25, -0.2) is 0 Å². The van der Waals surface area contributed by atoms with Crippen LogP contribution in [0.1, 0.15) is 18.5 Å². The maximum Gasteiger partial charge on any atom is 0.251 e. The van der Waals surface area contributed by atoms with Crippen LogP contribution in [0.4, 0.5) is 0 Å². The minimum atomic E-state index is -0.149. The molecule has 0 bridgehead atoms. The van der Waals surface area contributed by atoms with Gasteiger partial charge in [-0.15, -0.1) is 0 Å². The summed E-state index contributed by atoms with van der Waals surface area (Å²) in [7, 11) is 0. The molecule has 84 valence electrons. The monoisotopic (exact) mass is 252 g/mol. The maximum atomic E-state index is 11.0. The smallest absolute Gasteiger partial charge is 0.251 e. The average Bonchev–Trinajstić information content (AvgIpc) is 2.70. The van der Waals surface area contributed by atoms with Gasteiger partial charge in [-0.3, -0.25) is 9.78 Å². The lowest BCUT2D eigenvalue weighted by Crippen LogP contribution is -2.15. The highest BCUT2D eigenvalue weighted by molar-refractivity contribution is 7.71. The fourth-order valence-corrected chi connectivity index (χ4v) is 2.65. The van der Waals surface area contributed by atoms with E-state index in [-0.39, 0.29) is 11.6 Å². The first-order chi connectivity index (χ1) is 7.66. The summed E-state index contributed by atoms with van der Waals surface area (Å²) >= 11 is 6.81. The fraction of sp³-hybridized carbons (Fsp3) is 0.273. The van der Waals surface area contributed by atoms with Crippen molar-refractivity contribution in [3.05, 3.63) is 49.8 Å². The van der Waals surface area contributed by atoms with Crippen molar-refractivity contribution in [2.24, 2.45) is 0 Å². The van der Waals surface area contributed by atoms with Crippen molar-refractivity contribution in [3.63, 3.8) is 0 Å². The second-order valence-electron chi connectivity index (χ2n) is 3.70. The van der Waals surface area contributed by atoms with Crippen molar-refractivity contribution in [1.82, 2.24) is 9.55 Å². The van der Waals surface area contributed by atoms with Crippen LogP contribution in [0.25, 0.3) is 0 Å². The molecule has 0 aliphatic rings. The molecule has 0 saturated heterocycles. The number of nitrogens with zero attached hydrogens (tertiary/aromatic N) is 1. The van der Waals surface area contributed by atoms with E-state index in [4.69, 9.17) is 12.2 Å². The molecule has 1 N–H and O–H groups in total. The third-order valence-corrected chi connectivity index (χ3v) is 3.48. The minimum absolute atomic E-state index is 0.149. The number of aromatic amines is 1. The van der Waals surface area contributed by atoms with E-state index in [9.17, 15) is 4.79 Å². The minimum Gasteiger partial charge on any atom is -0.322 e. The van der Waals surface area contributed by atoms with E-state index in [1.165, 1.54) is 11.6 Å². The Balaban J connectivity index is 2.24. The Bertz CT molecular complexity index is 568. The third kappa shape index (κ3) is 2.48. The summed E-state index contributed by atoms with van der Waals surface area (Å²) in [4.78, 5) is 13.7. The number of hydrogen-bond acceptors (Lipinski definition) is 3. The molecule has 0 radical (unpaired) electrons. The largest absolute Gasteiger partial charge is 0.322 e. The first-order valence-electron chi connectivity index (χ1n) is 4.99. The standard InChI is InChI=1S/C11H12N2OS2/c1-8(6-9-3-5-16-7-9)13-4-2-10(14)12-11(13)15/h2-5,7-8H,6H2,1H3,(H,12,14,15). The van der Waals surface area contributed by atoms with Crippen LogP contribution in [0, 0.1) is 4.77 Å². The molecule has 3 nitrogen and oxygen atoms in total. The topological polar surface area (TPSA) is 37.8 Å². The SMILES string of the molecule is CC(Cc1ccsc1)n1ccc(=O)[nH]c1=S. The molecule has 0 amide bonds. The predicted molar refractivity (Wildman–Crippen MR) is 68.6 cm³/mol. The van der Waals surface area contributed by atoms with Crippen molar-refractivity contribution in [1.29, 1.82) is 0 Å². The zero-order chi connectivity index (χ0) is 11.5. The summed E-state index contributed by atoms with van der Waals surface area (Å²) in [6.45, 7) is 2.09. The Morgan fingerprint density at radius 1 is 1.56 bits per heavy atom. The number of nitrogens with one attached hydrogen (secondary N) is 1. The van der Waals surface area contributed by atoms with Gasteiger partial charge in [-0.1, -0.05) is 0 Å². The number of aromatic nitrogens is 2. The van der Waals surface area contributed by atoms with Crippen LogP contribution in [0.2, 0.25) is 0 Å². The Hall–Kier alpha value is -1.20. The Kier molecular flexibility index (Phi) is 3.36. The zero-order valence-corrected chi connectivity index (χ0v) is 10.5. The van der Waals surface area contributed by atoms with Crippen molar-refractivity contribution in [3.8, 4) is 0 Å². The Morgan fingerprint density at radius 2 is 2.38 bits per heavy atom. The molecule has 0 aliphatic carbocycles. The predicted octanol–water partition coefficient (Wildman–Crippen LogP) is 2.77. The van der Waals surface area contributed by atoms with Crippen LogP contribution < -0.4 is 5.56 Å². The van der Waals surface area contributed by atoms with Crippen LogP contribution in [-0.4, -0.2) is 9.55 Å². The zero-order valence-electron chi connectivity index (χ0n) is 8.84. The molecule has 0 aliphatic heterocycles. The normalized spacial score (nSPS) is 12.6. The molecule has 0 saturated carbocycles. The van der Waals surface area contributed by atoms with Gasteiger partial charge >= 0.3 is 0 Å². The summed E-state index contributed by atoms with van der Waals surface area (Å²) in [5.74, 6) is 0. The molecule has 2 heterocycles. The molecule has 0 fully saturated rings. The van der Waals surface area contributed by atoms with Crippen LogP contribution in [0.15, 0.2) is 33.9 Å². The Morgan fingerprint density at radius 3 is 3.00 bits per heavy atom. The average molecular weight is 252 g/mol. The van der Waals surface area contributed by atoms with Gasteiger partial charge in [-0.2, -0.15) is 11.3 Å². The summed E-state index contributed by atoms with van der Waals surface area (Å²) in [6.07, 6.45) is 2.67. The van der Waals surface area contributed by atoms with Gasteiger partial charge in [-0.05, 0) is 48.0 Å². The lowest BCUT2D eigenvalue weighted by Gasteiger charge is -2.14. The summed E-state index contributed by atoms with van der Waals surface area (Å²) < 4.78 is 2.39. The summed E-state index contributed by atoms with van der Waals surface area (Å²) in [5, 5.41) is 4.19. The van der Waals surface area contributed by atoms with Gasteiger partial charge in [0.05, 0.1) is 0 Å². The lowest BCUT2D eigenvalue weighted by atomic mass is 10.1. The second kappa shape index (κ2) is 4.76. The van der Waals surface area contributed by atoms with Crippen LogP contribution in [0.5, 0.6) is 0 Å². The Labute approximate surface area is 102 Å². The molecule has 5 heteroatoms. The molecule has 1 atom stereocenters. The van der Waals surface area contributed by atoms with Gasteiger partial charge in [0.1, 0.15) is 0 Å². The van der Waals surface area contributed by atoms with E-state index in [1.54, 1.807) is 17.5 Å². The lowest BCUT2D eigenvalue weighted by molar-refractivity contribution is 0.525. The van der Waals surface area contributed by atoms with Crippen molar-refractivity contribution in [2.75, 3.05) is 0 Å². The van der Waals surface area contributed by atoms with Gasteiger partial charge in [0.2, 0.25) is 0 Å². The molecule has 0 spiro atoms. The maximum absolute atomic E-state index is 11.0. The van der Waals surface area contributed by atoms with Gasteiger partial charge < -0.3 is 4.57 Å². The fourth-order valence-electron chi connectivity index (χ4n) is 1.62. The van der Waals surface area contributed by atoms with E-state index in [1.807, 2.05) is 4.57 Å². The quantitative estimate of drug-likeness (QED) is 0.853. The molecule has 2 aromatic rings. The highest BCUT2D eigenvalue weighted by atomic mass is 32.1. The highest BCUT2D eigenvalue weighted by Crippen LogP contribution is 2.15. The van der Waals surface area contributed by atoms with Crippen LogP contribution >= 0.6 is 23.6 Å². The third-order valence-electron chi connectivity index (χ3n) is 2.44. The molecule has 16 heavy (non-hydrogen) atoms. The molecular weight excluding hydrogens is 240 g/mol. The summed E-state index contributed by atoms with van der Waals surface area (Å²) in [6, 6.07) is 3.86. The van der Waals surface area contributed by atoms with Gasteiger partial charge in [0.15, 0.2) is 4.77 Å². The molecular formula is C11H12N2OS2. The molecule has 1 unspecified atom stereocenters. The van der Waals surface area contributed by atoms with E-state index in [2.05, 4.69) is 28.7 Å². The summed E-state index contributed by atoms with van der Waals surface area (Å²) in [5.41, 5.74) is 1.15. The first-order valence-corrected chi connectivity index (χ1v) is 6.34. The first kappa shape index (κ1) is 11.3. The molecule has 0 aromatic carbocycles. The molecule has 2 aromatic heterocycles. The van der Waals surface area contributed by atoms with Crippen molar-refractivity contribution in [2.45, 2.75) is 19.4 Å². The number of H-pyrrole nitrogens is 1. The van der Waals surface area contributed by atoms with E-state index in [0.29, 0.717) is 4.77 Å². The van der Waals surface area contributed by atoms with Crippen molar-refractivity contribution < 1.29 is 0 Å². The molecule has 2 rings (SSSR count). The number of thiophene rings is 1. The van der Waals surface area contributed by atoms with Crippen molar-refractivity contribution >= 4 is 23.6 Å². The highest BCUT2D eigenvalue weighted by Gasteiger charge is 2.06. The van der Waals surface area contributed by atoms with Gasteiger partial charge in [0.25, 0.3) is 5.56 Å². The van der Waals surface area contributed by atoms with Crippen LogP contribution in [0.3, 0.4) is 0 Å². The van der Waals surface area contributed by atoms with E-state index < -0.39 is 0 Å². The van der Waals surface area contributed by atoms with E-state index >= 15 is 0 Å². The number of hydrogen-bond donors (Lipinski definition) is 1. The second-order valence-corrected chi connectivity index (χ2v) is 4.87.